The second-order valence-electron chi connectivity index (χ2n) is 1.20. The van der Waals surface area contributed by atoms with Crippen molar-refractivity contribution in [2.75, 3.05) is 6.35 Å². The van der Waals surface area contributed by atoms with Crippen LogP contribution in [0.3, 0.4) is 0 Å². The molecule has 0 saturated carbocycles. The summed E-state index contributed by atoms with van der Waals surface area (Å²) in [5, 5.41) is 0. The van der Waals surface area contributed by atoms with Crippen LogP contribution in [0.1, 0.15) is 0 Å². The van der Waals surface area contributed by atoms with Gasteiger partial charge in [-0.3, -0.25) is 4.57 Å². The molecule has 0 aliphatic heterocycles. The minimum absolute atomic E-state index is 0.555. The third-order valence-corrected chi connectivity index (χ3v) is 0.860. The van der Waals surface area contributed by atoms with E-state index in [9.17, 15) is 9.36 Å². The highest BCUT2D eigenvalue weighted by Gasteiger charge is 2.11. The average Bonchev–Trinajstić information content (AvgIpc) is 1.63. The molecule has 0 aromatic heterocycles. The van der Waals surface area contributed by atoms with E-state index >= 15 is 0 Å². The Labute approximate surface area is 51.1 Å². The van der Waals surface area contributed by atoms with Crippen LogP contribution in [-0.2, 0) is 14.1 Å². The van der Waals surface area contributed by atoms with Crippen molar-refractivity contribution in [3.05, 3.63) is 6.26 Å². The first kappa shape index (κ1) is 8.40. The van der Waals surface area contributed by atoms with Crippen LogP contribution in [0.15, 0.2) is 6.26 Å². The molecule has 9 heavy (non-hydrogen) atoms. The molecule has 0 amide bonds. The van der Waals surface area contributed by atoms with Crippen molar-refractivity contribution in [1.29, 1.82) is 0 Å². The zero-order valence-corrected chi connectivity index (χ0v) is 5.25. The molecule has 0 fully saturated rings. The third kappa shape index (κ3) is 7.40. The molecule has 0 spiro atoms. The van der Waals surface area contributed by atoms with E-state index in [2.05, 4.69) is 4.74 Å². The molecule has 0 unspecified atom stereocenters. The van der Waals surface area contributed by atoms with Gasteiger partial charge in [-0.25, -0.2) is 4.79 Å². The van der Waals surface area contributed by atoms with Gasteiger partial charge >= 0.3 is 7.60 Å². The Morgan fingerprint density at radius 3 is 2.56 bits per heavy atom. The molecule has 0 radical (unpaired) electrons. The van der Waals surface area contributed by atoms with Gasteiger partial charge in [-0.05, 0) is 0 Å². The van der Waals surface area contributed by atoms with E-state index < -0.39 is 13.9 Å². The average molecular weight is 152 g/mol. The van der Waals surface area contributed by atoms with Crippen LogP contribution in [0, 0.1) is 0 Å². The van der Waals surface area contributed by atoms with E-state index in [4.69, 9.17) is 9.79 Å². The van der Waals surface area contributed by atoms with Gasteiger partial charge in [-0.1, -0.05) is 0 Å². The van der Waals surface area contributed by atoms with Crippen molar-refractivity contribution in [2.45, 2.75) is 0 Å². The van der Waals surface area contributed by atoms with Crippen molar-refractivity contribution < 1.29 is 23.9 Å². The van der Waals surface area contributed by atoms with Gasteiger partial charge in [0.2, 0.25) is 0 Å². The van der Waals surface area contributed by atoms with Crippen molar-refractivity contribution in [3.8, 4) is 0 Å². The summed E-state index contributed by atoms with van der Waals surface area (Å²) in [5.41, 5.74) is 0. The molecule has 0 saturated heterocycles. The molecule has 0 aliphatic rings. The number of rotatable bonds is 3. The van der Waals surface area contributed by atoms with Crippen molar-refractivity contribution in [1.82, 2.24) is 0 Å². The Bertz CT molecular complexity index is 163. The first-order valence-corrected chi connectivity index (χ1v) is 3.71. The lowest BCUT2D eigenvalue weighted by Gasteiger charge is -1.99. The second kappa shape index (κ2) is 3.43. The molecule has 52 valence electrons. The maximum absolute atomic E-state index is 9.93. The van der Waals surface area contributed by atoms with Gasteiger partial charge in [-0.2, -0.15) is 0 Å². The van der Waals surface area contributed by atoms with Gasteiger partial charge in [-0.15, -0.1) is 0 Å². The number of hydrogen-bond acceptors (Lipinski definition) is 3. The smallest absolute Gasteiger partial charge is 0.362 e. The van der Waals surface area contributed by atoms with Crippen LogP contribution >= 0.6 is 7.60 Å². The minimum Gasteiger partial charge on any atom is -0.477 e. The number of ether oxygens (including phenoxy) is 1. The summed E-state index contributed by atoms with van der Waals surface area (Å²) >= 11 is 0. The van der Waals surface area contributed by atoms with E-state index in [0.29, 0.717) is 6.26 Å². The third-order valence-electron chi connectivity index (χ3n) is 0.374. The van der Waals surface area contributed by atoms with Gasteiger partial charge in [0, 0.05) is 0 Å². The van der Waals surface area contributed by atoms with Crippen LogP contribution in [0.5, 0.6) is 0 Å². The molecule has 5 nitrogen and oxygen atoms in total. The molecular formula is C3H5O5P. The summed E-state index contributed by atoms with van der Waals surface area (Å²) in [5.74, 6) is 1.20. The maximum atomic E-state index is 9.93. The lowest BCUT2D eigenvalue weighted by atomic mass is 11.1. The summed E-state index contributed by atoms with van der Waals surface area (Å²) in [7, 11) is -4.13. The van der Waals surface area contributed by atoms with E-state index in [1.165, 1.54) is 5.94 Å². The maximum Gasteiger partial charge on any atom is 0.362 e. The van der Waals surface area contributed by atoms with Crippen LogP contribution in [-0.4, -0.2) is 22.1 Å². The first-order valence-electron chi connectivity index (χ1n) is 1.92. The number of hydrogen-bond donors (Lipinski definition) is 2. The Morgan fingerprint density at radius 1 is 1.67 bits per heavy atom. The lowest BCUT2D eigenvalue weighted by Crippen LogP contribution is -1.87. The Morgan fingerprint density at radius 2 is 2.22 bits per heavy atom. The monoisotopic (exact) mass is 152 g/mol. The molecule has 0 heterocycles. The van der Waals surface area contributed by atoms with Crippen molar-refractivity contribution in [3.63, 3.8) is 0 Å². The quantitative estimate of drug-likeness (QED) is 0.323. The zero-order valence-electron chi connectivity index (χ0n) is 4.35. The van der Waals surface area contributed by atoms with E-state index in [-0.39, 0.29) is 0 Å². The predicted molar refractivity (Wildman–Crippen MR) is 28.3 cm³/mol. The molecular weight excluding hydrogens is 147 g/mol. The SMILES string of the molecule is O=C=COCP(=O)(O)O. The molecule has 0 aromatic rings. The Balaban J connectivity index is 3.52. The summed E-state index contributed by atoms with van der Waals surface area (Å²) in [6.45, 7) is 0. The van der Waals surface area contributed by atoms with E-state index in [1.54, 1.807) is 0 Å². The standard InChI is InChI=1S/C3H5O5P/c4-1-2-8-3-9(5,6)7/h2H,3H2,(H2,5,6,7). The van der Waals surface area contributed by atoms with E-state index in [0.717, 1.165) is 0 Å². The second-order valence-corrected chi connectivity index (χ2v) is 2.78. The Kier molecular flexibility index (Phi) is 3.20. The molecule has 2 N–H and O–H groups in total. The number of carbonyl (C=O) groups excluding carboxylic acids is 1. The lowest BCUT2D eigenvalue weighted by molar-refractivity contribution is 0.260. The topological polar surface area (TPSA) is 83.8 Å². The van der Waals surface area contributed by atoms with Crippen LogP contribution < -0.4 is 0 Å². The molecule has 0 atom stereocenters. The van der Waals surface area contributed by atoms with Crippen molar-refractivity contribution in [2.24, 2.45) is 0 Å². The predicted octanol–water partition coefficient (Wildman–Crippen LogP) is -0.517. The summed E-state index contributed by atoms with van der Waals surface area (Å²) in [6.07, 6.45) is -0.221. The fourth-order valence-electron chi connectivity index (χ4n) is 0.168. The molecule has 0 aliphatic carbocycles. The summed E-state index contributed by atoms with van der Waals surface area (Å²) < 4.78 is 14.0. The zero-order chi connectivity index (χ0) is 7.33. The van der Waals surface area contributed by atoms with Crippen LogP contribution in [0.4, 0.5) is 0 Å². The Hall–Kier alpha value is -0.600. The van der Waals surface area contributed by atoms with E-state index in [1.807, 2.05) is 0 Å². The highest BCUT2D eigenvalue weighted by atomic mass is 31.2. The van der Waals surface area contributed by atoms with Gasteiger partial charge in [0.1, 0.15) is 0 Å². The first-order chi connectivity index (χ1) is 4.06. The minimum atomic E-state index is -4.13. The normalized spacial score (nSPS) is 10.0. The fraction of sp³-hybridized carbons (Fsp3) is 0.333. The highest BCUT2D eigenvalue weighted by Crippen LogP contribution is 2.33. The van der Waals surface area contributed by atoms with Crippen LogP contribution in [0.25, 0.3) is 0 Å². The fourth-order valence-corrected chi connectivity index (χ4v) is 0.437. The van der Waals surface area contributed by atoms with Crippen molar-refractivity contribution >= 4 is 13.5 Å². The van der Waals surface area contributed by atoms with Crippen LogP contribution in [0.2, 0.25) is 0 Å². The molecule has 0 rings (SSSR count). The van der Waals surface area contributed by atoms with Gasteiger partial charge in [0.25, 0.3) is 0 Å². The molecule has 0 aromatic carbocycles. The van der Waals surface area contributed by atoms with Gasteiger partial charge in [0.05, 0.1) is 0 Å². The largest absolute Gasteiger partial charge is 0.477 e. The van der Waals surface area contributed by atoms with Gasteiger partial charge < -0.3 is 14.5 Å². The summed E-state index contributed by atoms with van der Waals surface area (Å²) in [6, 6.07) is 0. The van der Waals surface area contributed by atoms with Gasteiger partial charge in [0.15, 0.2) is 18.6 Å². The molecule has 6 heteroatoms. The molecule has 0 bridgehead atoms. The highest BCUT2D eigenvalue weighted by molar-refractivity contribution is 7.51. The summed E-state index contributed by atoms with van der Waals surface area (Å²) in [4.78, 5) is 25.5.